The van der Waals surface area contributed by atoms with Crippen LogP contribution in [0.3, 0.4) is 0 Å². The Bertz CT molecular complexity index is 669. The number of hydrogen-bond acceptors (Lipinski definition) is 4. The van der Waals surface area contributed by atoms with Gasteiger partial charge in [-0.25, -0.2) is 0 Å². The average Bonchev–Trinajstić information content (AvgIpc) is 3.16. The van der Waals surface area contributed by atoms with E-state index in [1.165, 1.54) is 19.3 Å². The Balaban J connectivity index is 1.53. The lowest BCUT2D eigenvalue weighted by atomic mass is 10.1. The quantitative estimate of drug-likeness (QED) is 0.816. The van der Waals surface area contributed by atoms with Gasteiger partial charge in [0.25, 0.3) is 5.91 Å². The van der Waals surface area contributed by atoms with Gasteiger partial charge >= 0.3 is 0 Å². The van der Waals surface area contributed by atoms with Crippen LogP contribution in [0.5, 0.6) is 5.75 Å². The van der Waals surface area contributed by atoms with E-state index in [9.17, 15) is 4.79 Å². The van der Waals surface area contributed by atoms with E-state index in [1.54, 1.807) is 18.4 Å². The van der Waals surface area contributed by atoms with Crippen molar-refractivity contribution < 1.29 is 13.9 Å². The third-order valence-electron chi connectivity index (χ3n) is 4.39. The van der Waals surface area contributed by atoms with Crippen molar-refractivity contribution in [3.8, 4) is 5.75 Å². The van der Waals surface area contributed by atoms with Crippen molar-refractivity contribution in [3.05, 3.63) is 53.4 Å². The molecule has 6 heteroatoms. The minimum Gasteiger partial charge on any atom is -0.482 e. The molecular formula is C19H23ClN2O3. The lowest BCUT2D eigenvalue weighted by Gasteiger charge is -2.33. The molecule has 2 heterocycles. The number of carbonyl (C=O) groups excluding carboxylic acids is 1. The van der Waals surface area contributed by atoms with Crippen LogP contribution in [0.2, 0.25) is 5.02 Å². The van der Waals surface area contributed by atoms with Gasteiger partial charge in [-0.3, -0.25) is 9.69 Å². The highest BCUT2D eigenvalue weighted by molar-refractivity contribution is 6.32. The van der Waals surface area contributed by atoms with E-state index in [0.29, 0.717) is 17.3 Å². The second kappa shape index (κ2) is 8.92. The molecule has 1 N–H and O–H groups in total. The summed E-state index contributed by atoms with van der Waals surface area (Å²) in [5, 5.41) is 3.45. The number of hydrogen-bond donors (Lipinski definition) is 1. The van der Waals surface area contributed by atoms with E-state index < -0.39 is 0 Å². The number of nitrogens with one attached hydrogen (secondary N) is 1. The molecule has 1 aliphatic heterocycles. The third kappa shape index (κ3) is 5.00. The number of rotatable bonds is 7. The lowest BCUT2D eigenvalue weighted by molar-refractivity contribution is -0.123. The van der Waals surface area contributed by atoms with Crippen molar-refractivity contribution in [1.29, 1.82) is 0 Å². The molecule has 1 saturated heterocycles. The van der Waals surface area contributed by atoms with Crippen molar-refractivity contribution in [1.82, 2.24) is 10.2 Å². The van der Waals surface area contributed by atoms with Crippen LogP contribution in [0, 0.1) is 0 Å². The molecule has 1 atom stereocenters. The number of amides is 1. The van der Waals surface area contributed by atoms with Gasteiger partial charge in [-0.2, -0.15) is 0 Å². The lowest BCUT2D eigenvalue weighted by Crippen LogP contribution is -2.41. The number of benzene rings is 1. The molecule has 1 aliphatic rings. The monoisotopic (exact) mass is 362 g/mol. The van der Waals surface area contributed by atoms with Crippen LogP contribution in [0.4, 0.5) is 0 Å². The molecule has 25 heavy (non-hydrogen) atoms. The van der Waals surface area contributed by atoms with Crippen LogP contribution in [-0.2, 0) is 4.79 Å². The minimum atomic E-state index is -0.173. The van der Waals surface area contributed by atoms with Gasteiger partial charge in [-0.15, -0.1) is 0 Å². The average molecular weight is 363 g/mol. The van der Waals surface area contributed by atoms with E-state index in [2.05, 4.69) is 10.2 Å². The molecule has 2 aromatic rings. The normalized spacial score (nSPS) is 16.4. The van der Waals surface area contributed by atoms with Gasteiger partial charge < -0.3 is 14.5 Å². The molecule has 0 spiro atoms. The fraction of sp³-hybridized carbons (Fsp3) is 0.421. The Kier molecular flexibility index (Phi) is 6.36. The van der Waals surface area contributed by atoms with Gasteiger partial charge in [0.2, 0.25) is 0 Å². The van der Waals surface area contributed by atoms with Crippen LogP contribution in [0.25, 0.3) is 0 Å². The summed E-state index contributed by atoms with van der Waals surface area (Å²) in [6.07, 6.45) is 5.30. The largest absolute Gasteiger partial charge is 0.482 e. The predicted octanol–water partition coefficient (Wildman–Crippen LogP) is 3.66. The van der Waals surface area contributed by atoms with Crippen LogP contribution in [0.15, 0.2) is 47.1 Å². The summed E-state index contributed by atoms with van der Waals surface area (Å²) in [4.78, 5) is 14.5. The topological polar surface area (TPSA) is 54.7 Å². The number of furan rings is 1. The molecule has 5 nitrogen and oxygen atoms in total. The Labute approximate surface area is 152 Å². The molecule has 1 aromatic carbocycles. The number of para-hydroxylation sites is 1. The van der Waals surface area contributed by atoms with Crippen molar-refractivity contribution in [2.24, 2.45) is 0 Å². The van der Waals surface area contributed by atoms with Gasteiger partial charge in [-0.05, 0) is 50.2 Å². The predicted molar refractivity (Wildman–Crippen MR) is 96.8 cm³/mol. The highest BCUT2D eigenvalue weighted by Gasteiger charge is 2.24. The van der Waals surface area contributed by atoms with Crippen LogP contribution < -0.4 is 10.1 Å². The fourth-order valence-corrected chi connectivity index (χ4v) is 3.28. The summed E-state index contributed by atoms with van der Waals surface area (Å²) in [6.45, 7) is 2.49. The second-order valence-electron chi connectivity index (χ2n) is 6.15. The molecule has 0 saturated carbocycles. The van der Waals surface area contributed by atoms with Gasteiger partial charge in [-0.1, -0.05) is 30.2 Å². The van der Waals surface area contributed by atoms with Gasteiger partial charge in [0.1, 0.15) is 11.5 Å². The Morgan fingerprint density at radius 1 is 1.20 bits per heavy atom. The third-order valence-corrected chi connectivity index (χ3v) is 4.70. The molecule has 0 aliphatic carbocycles. The van der Waals surface area contributed by atoms with E-state index in [4.69, 9.17) is 20.8 Å². The molecule has 0 unspecified atom stereocenters. The first-order chi connectivity index (χ1) is 12.2. The highest BCUT2D eigenvalue weighted by atomic mass is 35.5. The fourth-order valence-electron chi connectivity index (χ4n) is 3.09. The zero-order valence-corrected chi connectivity index (χ0v) is 14.9. The number of nitrogens with zero attached hydrogens (tertiary/aromatic N) is 1. The van der Waals surface area contributed by atoms with E-state index in [1.807, 2.05) is 24.3 Å². The standard InChI is InChI=1S/C19H23ClN2O3/c20-15-7-2-3-8-17(15)25-14-19(23)21-13-16(18-9-6-12-24-18)22-10-4-1-5-11-22/h2-3,6-9,12,16H,1,4-5,10-11,13-14H2,(H,21,23)/t16-/m1/s1. The van der Waals surface area contributed by atoms with Crippen molar-refractivity contribution in [3.63, 3.8) is 0 Å². The SMILES string of the molecule is O=C(COc1ccccc1Cl)NC[C@H](c1ccco1)N1CCCCC1. The van der Waals surface area contributed by atoms with Crippen LogP contribution in [-0.4, -0.2) is 37.0 Å². The smallest absolute Gasteiger partial charge is 0.258 e. The van der Waals surface area contributed by atoms with Gasteiger partial charge in [0, 0.05) is 6.54 Å². The molecule has 3 rings (SSSR count). The van der Waals surface area contributed by atoms with Crippen molar-refractivity contribution in [2.45, 2.75) is 25.3 Å². The zero-order chi connectivity index (χ0) is 17.5. The molecule has 1 fully saturated rings. The van der Waals surface area contributed by atoms with E-state index >= 15 is 0 Å². The van der Waals surface area contributed by atoms with E-state index in [-0.39, 0.29) is 18.6 Å². The zero-order valence-electron chi connectivity index (χ0n) is 14.1. The minimum absolute atomic E-state index is 0.0552. The molecule has 134 valence electrons. The van der Waals surface area contributed by atoms with Crippen LogP contribution >= 0.6 is 11.6 Å². The number of halogens is 1. The van der Waals surface area contributed by atoms with Gasteiger partial charge in [0.05, 0.1) is 17.3 Å². The first kappa shape index (κ1) is 17.8. The van der Waals surface area contributed by atoms with Gasteiger partial charge in [0.15, 0.2) is 6.61 Å². The summed E-state index contributed by atoms with van der Waals surface area (Å²) in [5.74, 6) is 1.22. The number of piperidine rings is 1. The maximum absolute atomic E-state index is 12.2. The summed E-state index contributed by atoms with van der Waals surface area (Å²) >= 11 is 6.03. The summed E-state index contributed by atoms with van der Waals surface area (Å²) in [5.41, 5.74) is 0. The molecule has 1 amide bonds. The Hall–Kier alpha value is -1.98. The van der Waals surface area contributed by atoms with Crippen LogP contribution in [0.1, 0.15) is 31.1 Å². The highest BCUT2D eigenvalue weighted by Crippen LogP contribution is 2.25. The maximum atomic E-state index is 12.2. The molecule has 1 aromatic heterocycles. The van der Waals surface area contributed by atoms with E-state index in [0.717, 1.165) is 18.8 Å². The number of carbonyl (C=O) groups is 1. The van der Waals surface area contributed by atoms with Crippen molar-refractivity contribution >= 4 is 17.5 Å². The Morgan fingerprint density at radius 2 is 2.00 bits per heavy atom. The first-order valence-corrected chi connectivity index (χ1v) is 9.03. The molecular weight excluding hydrogens is 340 g/mol. The molecule has 0 bridgehead atoms. The summed E-state index contributed by atoms with van der Waals surface area (Å²) in [6, 6.07) is 11.0. The Morgan fingerprint density at radius 3 is 2.72 bits per heavy atom. The maximum Gasteiger partial charge on any atom is 0.258 e. The summed E-state index contributed by atoms with van der Waals surface area (Å²) < 4.78 is 11.1. The second-order valence-corrected chi connectivity index (χ2v) is 6.56. The summed E-state index contributed by atoms with van der Waals surface area (Å²) in [7, 11) is 0. The van der Waals surface area contributed by atoms with Crippen molar-refractivity contribution in [2.75, 3.05) is 26.2 Å². The molecule has 0 radical (unpaired) electrons. The number of ether oxygens (including phenoxy) is 1. The first-order valence-electron chi connectivity index (χ1n) is 8.65. The number of likely N-dealkylation sites (tertiary alicyclic amines) is 1.